The summed E-state index contributed by atoms with van der Waals surface area (Å²) in [5.41, 5.74) is 0.288. The first-order valence-electron chi connectivity index (χ1n) is 8.42. The van der Waals surface area contributed by atoms with Crippen LogP contribution in [0.1, 0.15) is 25.7 Å². The van der Waals surface area contributed by atoms with Crippen LogP contribution in [0.5, 0.6) is 0 Å². The number of fused-ring (bicyclic) bond motifs is 1. The molecule has 0 aliphatic carbocycles. The topological polar surface area (TPSA) is 76.9 Å². The molecule has 0 aromatic carbocycles. The van der Waals surface area contributed by atoms with Crippen LogP contribution in [0.3, 0.4) is 0 Å². The van der Waals surface area contributed by atoms with Crippen LogP contribution >= 0.6 is 0 Å². The van der Waals surface area contributed by atoms with E-state index < -0.39 is 0 Å². The van der Waals surface area contributed by atoms with Crippen LogP contribution in [0.15, 0.2) is 15.9 Å². The molecule has 0 saturated carbocycles. The zero-order valence-corrected chi connectivity index (χ0v) is 14.6. The highest BCUT2D eigenvalue weighted by molar-refractivity contribution is 5.77. The lowest BCUT2D eigenvalue weighted by Gasteiger charge is -2.14. The second-order valence-electron chi connectivity index (χ2n) is 6.42. The molecule has 0 bridgehead atoms. The lowest BCUT2D eigenvalue weighted by atomic mass is 10.1. The Kier molecular flexibility index (Phi) is 4.55. The number of rotatable bonds is 4. The maximum absolute atomic E-state index is 12.4. The van der Waals surface area contributed by atoms with Crippen LogP contribution in [-0.4, -0.2) is 49.2 Å². The third kappa shape index (κ3) is 2.88. The zero-order valence-electron chi connectivity index (χ0n) is 14.6. The first-order chi connectivity index (χ1) is 11.5. The minimum Gasteiger partial charge on any atom is -0.325 e. The number of nitrogens with one attached hydrogen (secondary N) is 1. The molecule has 0 amide bonds. The monoisotopic (exact) mass is 333 g/mol. The van der Waals surface area contributed by atoms with Crippen LogP contribution in [0.2, 0.25) is 0 Å². The zero-order chi connectivity index (χ0) is 17.3. The first-order valence-corrected chi connectivity index (χ1v) is 8.42. The van der Waals surface area contributed by atoms with Gasteiger partial charge in [0.05, 0.1) is 26.5 Å². The maximum Gasteiger partial charge on any atom is 0.332 e. The third-order valence-electron chi connectivity index (χ3n) is 4.74. The number of nitrogens with zero attached hydrogens (tertiary/aromatic N) is 5. The van der Waals surface area contributed by atoms with Crippen LogP contribution in [-0.2, 0) is 20.6 Å². The standard InChI is InChI=1S/C16H24N6O2/c1-19-9-5-4-7-12(19)17-8-6-10-22-11-18-14-13(22)15(23)21(3)16(24)20(14)2/h11H,4-10H2,1-3H3/p+1. The molecule has 0 fully saturated rings. The van der Waals surface area contributed by atoms with Crippen molar-refractivity contribution in [1.29, 1.82) is 0 Å². The number of imidazole rings is 1. The van der Waals surface area contributed by atoms with E-state index in [0.717, 1.165) is 30.5 Å². The molecule has 0 unspecified atom stereocenters. The SMILES string of the molecule is Cn1c(=O)c2c(ncn2CCCNC2=[N+](C)CCCC2)n(C)c1=O. The lowest BCUT2D eigenvalue weighted by Crippen LogP contribution is -2.38. The summed E-state index contributed by atoms with van der Waals surface area (Å²) in [7, 11) is 5.26. The van der Waals surface area contributed by atoms with Gasteiger partial charge >= 0.3 is 5.69 Å². The van der Waals surface area contributed by atoms with E-state index in [2.05, 4.69) is 21.9 Å². The number of hydrogen-bond donors (Lipinski definition) is 1. The molecule has 24 heavy (non-hydrogen) atoms. The van der Waals surface area contributed by atoms with Crippen LogP contribution < -0.4 is 16.6 Å². The Bertz CT molecular complexity index is 902. The fourth-order valence-corrected chi connectivity index (χ4v) is 3.24. The lowest BCUT2D eigenvalue weighted by molar-refractivity contribution is -0.505. The van der Waals surface area contributed by atoms with Crippen molar-refractivity contribution in [3.05, 3.63) is 27.2 Å². The summed E-state index contributed by atoms with van der Waals surface area (Å²) in [6.07, 6.45) is 6.13. The Morgan fingerprint density at radius 3 is 2.79 bits per heavy atom. The highest BCUT2D eigenvalue weighted by Crippen LogP contribution is 2.06. The van der Waals surface area contributed by atoms with E-state index in [-0.39, 0.29) is 11.2 Å². The molecule has 2 aromatic rings. The van der Waals surface area contributed by atoms with Crippen LogP contribution in [0, 0.1) is 0 Å². The van der Waals surface area contributed by atoms with E-state index in [9.17, 15) is 9.59 Å². The summed E-state index contributed by atoms with van der Waals surface area (Å²) in [6, 6.07) is 0. The predicted octanol–water partition coefficient (Wildman–Crippen LogP) is -0.362. The molecule has 1 aliphatic heterocycles. The van der Waals surface area contributed by atoms with Crippen LogP contribution in [0.4, 0.5) is 0 Å². The molecule has 0 atom stereocenters. The van der Waals surface area contributed by atoms with Gasteiger partial charge in [0.15, 0.2) is 11.2 Å². The van der Waals surface area contributed by atoms with Gasteiger partial charge in [-0.05, 0) is 12.8 Å². The molecule has 2 aromatic heterocycles. The first kappa shape index (κ1) is 16.5. The summed E-state index contributed by atoms with van der Waals surface area (Å²) in [6.45, 7) is 2.65. The summed E-state index contributed by atoms with van der Waals surface area (Å²) < 4.78 is 6.67. The predicted molar refractivity (Wildman–Crippen MR) is 92.7 cm³/mol. The van der Waals surface area contributed by atoms with Crippen molar-refractivity contribution >= 4 is 17.0 Å². The van der Waals surface area contributed by atoms with E-state index in [0.29, 0.717) is 17.7 Å². The number of amidine groups is 1. The van der Waals surface area contributed by atoms with Crippen molar-refractivity contribution in [3.63, 3.8) is 0 Å². The van der Waals surface area contributed by atoms with Gasteiger partial charge in [0.2, 0.25) is 5.84 Å². The molecule has 1 N–H and O–H groups in total. The van der Waals surface area contributed by atoms with E-state index in [4.69, 9.17) is 0 Å². The molecule has 3 rings (SSSR count). The van der Waals surface area contributed by atoms with Gasteiger partial charge in [-0.1, -0.05) is 0 Å². The van der Waals surface area contributed by atoms with Crippen molar-refractivity contribution in [1.82, 2.24) is 24.0 Å². The number of aromatic nitrogens is 4. The highest BCUT2D eigenvalue weighted by atomic mass is 16.2. The Morgan fingerprint density at radius 2 is 2.04 bits per heavy atom. The molecule has 0 saturated heterocycles. The summed E-state index contributed by atoms with van der Waals surface area (Å²) in [5, 5.41) is 3.50. The number of aryl methyl sites for hydroxylation is 2. The van der Waals surface area contributed by atoms with Gasteiger partial charge in [0.25, 0.3) is 5.56 Å². The third-order valence-corrected chi connectivity index (χ3v) is 4.74. The van der Waals surface area contributed by atoms with E-state index in [1.54, 1.807) is 13.4 Å². The fourth-order valence-electron chi connectivity index (χ4n) is 3.24. The van der Waals surface area contributed by atoms with Crippen LogP contribution in [0.25, 0.3) is 11.2 Å². The molecular weight excluding hydrogens is 308 g/mol. The average Bonchev–Trinajstić information content (AvgIpc) is 3.00. The Hall–Kier alpha value is -2.38. The van der Waals surface area contributed by atoms with E-state index in [1.165, 1.54) is 30.3 Å². The average molecular weight is 333 g/mol. The quantitative estimate of drug-likeness (QED) is 0.612. The van der Waals surface area contributed by atoms with Gasteiger partial charge in [0, 0.05) is 33.5 Å². The van der Waals surface area contributed by atoms with E-state index >= 15 is 0 Å². The summed E-state index contributed by atoms with van der Waals surface area (Å²) in [5.74, 6) is 1.30. The molecule has 0 spiro atoms. The van der Waals surface area contributed by atoms with Crippen molar-refractivity contribution in [2.45, 2.75) is 32.2 Å². The second-order valence-corrected chi connectivity index (χ2v) is 6.42. The smallest absolute Gasteiger partial charge is 0.325 e. The maximum atomic E-state index is 12.4. The van der Waals surface area contributed by atoms with Crippen molar-refractivity contribution in [2.24, 2.45) is 14.1 Å². The van der Waals surface area contributed by atoms with E-state index in [1.807, 2.05) is 4.57 Å². The Balaban J connectivity index is 1.73. The number of hydrogen-bond acceptors (Lipinski definition) is 4. The van der Waals surface area contributed by atoms with Gasteiger partial charge in [0.1, 0.15) is 0 Å². The molecule has 0 radical (unpaired) electrons. The normalized spacial score (nSPS) is 15.3. The molecular formula is C16H25N6O2+. The fraction of sp³-hybridized carbons (Fsp3) is 0.625. The van der Waals surface area contributed by atoms with Gasteiger partial charge in [-0.25, -0.2) is 9.78 Å². The van der Waals surface area contributed by atoms with Gasteiger partial charge in [-0.3, -0.25) is 23.8 Å². The minimum absolute atomic E-state index is 0.292. The largest absolute Gasteiger partial charge is 0.332 e. The van der Waals surface area contributed by atoms with Gasteiger partial charge < -0.3 is 4.57 Å². The summed E-state index contributed by atoms with van der Waals surface area (Å²) in [4.78, 5) is 28.5. The minimum atomic E-state index is -0.351. The molecule has 3 heterocycles. The molecule has 1 aliphatic rings. The van der Waals surface area contributed by atoms with Crippen molar-refractivity contribution in [2.75, 3.05) is 20.1 Å². The van der Waals surface area contributed by atoms with Crippen molar-refractivity contribution in [3.8, 4) is 0 Å². The van der Waals surface area contributed by atoms with Gasteiger partial charge in [-0.2, -0.15) is 0 Å². The highest BCUT2D eigenvalue weighted by Gasteiger charge is 2.16. The summed E-state index contributed by atoms with van der Waals surface area (Å²) >= 11 is 0. The Morgan fingerprint density at radius 1 is 1.25 bits per heavy atom. The van der Waals surface area contributed by atoms with Gasteiger partial charge in [-0.15, -0.1) is 0 Å². The van der Waals surface area contributed by atoms with Crippen molar-refractivity contribution < 1.29 is 4.58 Å². The molecule has 130 valence electrons. The Labute approximate surface area is 140 Å². The molecule has 8 nitrogen and oxygen atoms in total. The second kappa shape index (κ2) is 6.62. The molecule has 8 heteroatoms.